The van der Waals surface area contributed by atoms with E-state index >= 15 is 0 Å². The highest BCUT2D eigenvalue weighted by molar-refractivity contribution is 7.15. The molecule has 0 saturated carbocycles. The van der Waals surface area contributed by atoms with Gasteiger partial charge in [-0.2, -0.15) is 0 Å². The molecule has 0 aliphatic rings. The predicted molar refractivity (Wildman–Crippen MR) is 74.0 cm³/mol. The Kier molecular flexibility index (Phi) is 3.88. The lowest BCUT2D eigenvalue weighted by molar-refractivity contribution is 0.546. The van der Waals surface area contributed by atoms with Gasteiger partial charge in [0, 0.05) is 29.0 Å². The number of hydrogen-bond donors (Lipinski definition) is 1. The van der Waals surface area contributed by atoms with Crippen LogP contribution >= 0.6 is 11.3 Å². The number of rotatable bonds is 2. The molecule has 1 aromatic carbocycles. The van der Waals surface area contributed by atoms with Gasteiger partial charge >= 0.3 is 0 Å². The van der Waals surface area contributed by atoms with Crippen LogP contribution in [0.5, 0.6) is 0 Å². The lowest BCUT2D eigenvalue weighted by atomic mass is 9.91. The zero-order valence-electron chi connectivity index (χ0n) is 11.4. The van der Waals surface area contributed by atoms with Crippen LogP contribution in [0.25, 0.3) is 10.6 Å². The van der Waals surface area contributed by atoms with Crippen LogP contribution in [0.4, 0.5) is 13.2 Å². The maximum absolute atomic E-state index is 13.8. The van der Waals surface area contributed by atoms with Crippen LogP contribution in [0, 0.1) is 17.5 Å². The number of nitrogens with zero attached hydrogens (tertiary/aromatic N) is 1. The van der Waals surface area contributed by atoms with Crippen molar-refractivity contribution < 1.29 is 13.2 Å². The van der Waals surface area contributed by atoms with E-state index in [2.05, 4.69) is 4.98 Å². The average molecular weight is 300 g/mol. The topological polar surface area (TPSA) is 38.9 Å². The Morgan fingerprint density at radius 3 is 2.10 bits per heavy atom. The Morgan fingerprint density at radius 1 is 1.15 bits per heavy atom. The third-order valence-corrected chi connectivity index (χ3v) is 3.91. The highest BCUT2D eigenvalue weighted by Crippen LogP contribution is 2.36. The minimum absolute atomic E-state index is 0.186. The van der Waals surface area contributed by atoms with Gasteiger partial charge in [0.1, 0.15) is 22.5 Å². The van der Waals surface area contributed by atoms with Gasteiger partial charge in [-0.15, -0.1) is 11.3 Å². The van der Waals surface area contributed by atoms with Crippen LogP contribution in [0.1, 0.15) is 31.3 Å². The van der Waals surface area contributed by atoms with E-state index in [0.29, 0.717) is 17.8 Å². The summed E-state index contributed by atoms with van der Waals surface area (Å²) in [5, 5.41) is 0.186. The van der Waals surface area contributed by atoms with Crippen LogP contribution in [-0.4, -0.2) is 4.98 Å². The maximum Gasteiger partial charge on any atom is 0.139 e. The Hall–Kier alpha value is -1.40. The van der Waals surface area contributed by atoms with Gasteiger partial charge in [0.2, 0.25) is 0 Å². The molecule has 0 aliphatic heterocycles. The zero-order chi connectivity index (χ0) is 15.1. The standard InChI is InChI=1S/C14H15F3N2S/c1-14(2,3)12-10(6-18)20-13(19-12)11-8(16)4-7(15)5-9(11)17/h4-5H,6,18H2,1-3H3. The summed E-state index contributed by atoms with van der Waals surface area (Å²) in [6.07, 6.45) is 0. The van der Waals surface area contributed by atoms with Gasteiger partial charge in [0.15, 0.2) is 0 Å². The molecule has 2 N–H and O–H groups in total. The maximum atomic E-state index is 13.8. The Labute approximate surface area is 119 Å². The highest BCUT2D eigenvalue weighted by Gasteiger charge is 2.25. The first-order chi connectivity index (χ1) is 9.24. The van der Waals surface area contributed by atoms with Crippen molar-refractivity contribution in [3.05, 3.63) is 40.2 Å². The lowest BCUT2D eigenvalue weighted by Crippen LogP contribution is -2.15. The molecule has 20 heavy (non-hydrogen) atoms. The van der Waals surface area contributed by atoms with E-state index in [1.807, 2.05) is 20.8 Å². The van der Waals surface area contributed by atoms with Gasteiger partial charge in [-0.3, -0.25) is 0 Å². The van der Waals surface area contributed by atoms with E-state index in [4.69, 9.17) is 5.73 Å². The fourth-order valence-corrected chi connectivity index (χ4v) is 3.13. The molecule has 0 unspecified atom stereocenters. The summed E-state index contributed by atoms with van der Waals surface area (Å²) in [7, 11) is 0. The Morgan fingerprint density at radius 2 is 1.70 bits per heavy atom. The van der Waals surface area contributed by atoms with Crippen molar-refractivity contribution in [2.45, 2.75) is 32.7 Å². The molecule has 0 saturated heterocycles. The van der Waals surface area contributed by atoms with E-state index in [1.165, 1.54) is 0 Å². The van der Waals surface area contributed by atoms with Crippen molar-refractivity contribution in [2.75, 3.05) is 0 Å². The molecule has 0 spiro atoms. The molecule has 1 heterocycles. The highest BCUT2D eigenvalue weighted by atomic mass is 32.1. The second-order valence-corrected chi connectivity index (χ2v) is 6.57. The number of aromatic nitrogens is 1. The van der Waals surface area contributed by atoms with Crippen molar-refractivity contribution >= 4 is 11.3 Å². The molecule has 0 radical (unpaired) electrons. The summed E-state index contributed by atoms with van der Waals surface area (Å²) >= 11 is 1.14. The second-order valence-electron chi connectivity index (χ2n) is 5.49. The molecule has 6 heteroatoms. The summed E-state index contributed by atoms with van der Waals surface area (Å²) in [5.41, 5.74) is 5.79. The third-order valence-electron chi connectivity index (χ3n) is 2.81. The van der Waals surface area contributed by atoms with Crippen LogP contribution in [0.2, 0.25) is 0 Å². The van der Waals surface area contributed by atoms with E-state index in [9.17, 15) is 13.2 Å². The monoisotopic (exact) mass is 300 g/mol. The third kappa shape index (κ3) is 2.71. The van der Waals surface area contributed by atoms with Gasteiger partial charge < -0.3 is 5.73 Å². The smallest absolute Gasteiger partial charge is 0.139 e. The van der Waals surface area contributed by atoms with Crippen LogP contribution in [0.3, 0.4) is 0 Å². The fraction of sp³-hybridized carbons (Fsp3) is 0.357. The van der Waals surface area contributed by atoms with Gasteiger partial charge in [-0.25, -0.2) is 18.2 Å². The lowest BCUT2D eigenvalue weighted by Gasteiger charge is -2.16. The largest absolute Gasteiger partial charge is 0.326 e. The van der Waals surface area contributed by atoms with Crippen molar-refractivity contribution in [1.82, 2.24) is 4.98 Å². The van der Waals surface area contributed by atoms with Crippen molar-refractivity contribution in [1.29, 1.82) is 0 Å². The van der Waals surface area contributed by atoms with Crippen molar-refractivity contribution in [2.24, 2.45) is 5.73 Å². The van der Waals surface area contributed by atoms with Crippen LogP contribution < -0.4 is 5.73 Å². The van der Waals surface area contributed by atoms with Crippen molar-refractivity contribution in [3.8, 4) is 10.6 Å². The number of thiazole rings is 1. The average Bonchev–Trinajstić information content (AvgIpc) is 2.71. The van der Waals surface area contributed by atoms with E-state index in [0.717, 1.165) is 16.2 Å². The minimum Gasteiger partial charge on any atom is -0.326 e. The second kappa shape index (κ2) is 5.18. The van der Waals surface area contributed by atoms with Gasteiger partial charge in [-0.1, -0.05) is 20.8 Å². The number of hydrogen-bond acceptors (Lipinski definition) is 3. The molecule has 2 rings (SSSR count). The first kappa shape index (κ1) is 15.0. The normalized spacial score (nSPS) is 11.9. The number of halogens is 3. The first-order valence-electron chi connectivity index (χ1n) is 6.09. The quantitative estimate of drug-likeness (QED) is 0.911. The van der Waals surface area contributed by atoms with E-state index < -0.39 is 17.5 Å². The Balaban J connectivity index is 2.63. The van der Waals surface area contributed by atoms with Crippen LogP contribution in [-0.2, 0) is 12.0 Å². The fourth-order valence-electron chi connectivity index (χ4n) is 1.93. The summed E-state index contributed by atoms with van der Waals surface area (Å²) < 4.78 is 40.5. The molecule has 0 fully saturated rings. The summed E-state index contributed by atoms with van der Waals surface area (Å²) in [5.74, 6) is -2.86. The van der Waals surface area contributed by atoms with Crippen LogP contribution in [0.15, 0.2) is 12.1 Å². The molecule has 108 valence electrons. The molecule has 0 atom stereocenters. The number of benzene rings is 1. The summed E-state index contributed by atoms with van der Waals surface area (Å²) in [4.78, 5) is 5.08. The number of nitrogens with two attached hydrogens (primary N) is 1. The van der Waals surface area contributed by atoms with Gasteiger partial charge in [0.05, 0.1) is 11.3 Å². The molecule has 0 amide bonds. The summed E-state index contributed by atoms with van der Waals surface area (Å²) in [6.45, 7) is 6.09. The molecule has 2 aromatic rings. The first-order valence-corrected chi connectivity index (χ1v) is 6.91. The van der Waals surface area contributed by atoms with Crippen molar-refractivity contribution in [3.63, 3.8) is 0 Å². The van der Waals surface area contributed by atoms with Gasteiger partial charge in [0.25, 0.3) is 0 Å². The van der Waals surface area contributed by atoms with E-state index in [-0.39, 0.29) is 22.5 Å². The predicted octanol–water partition coefficient (Wildman–Crippen LogP) is 3.98. The molecular formula is C14H15F3N2S. The molecule has 0 aliphatic carbocycles. The van der Waals surface area contributed by atoms with Gasteiger partial charge in [-0.05, 0) is 0 Å². The molecular weight excluding hydrogens is 285 g/mol. The van der Waals surface area contributed by atoms with E-state index in [1.54, 1.807) is 0 Å². The Bertz CT molecular complexity index is 621. The zero-order valence-corrected chi connectivity index (χ0v) is 12.2. The molecule has 0 bridgehead atoms. The molecule has 1 aromatic heterocycles. The SMILES string of the molecule is CC(C)(C)c1nc(-c2c(F)cc(F)cc2F)sc1CN. The summed E-state index contributed by atoms with van der Waals surface area (Å²) in [6, 6.07) is 1.30. The minimum atomic E-state index is -0.958. The molecule has 2 nitrogen and oxygen atoms in total.